The molecule has 2 rings (SSSR count). The molecule has 0 aliphatic heterocycles. The monoisotopic (exact) mass is 376 g/mol. The highest BCUT2D eigenvalue weighted by molar-refractivity contribution is 6.30. The van der Waals surface area contributed by atoms with E-state index in [1.165, 1.54) is 0 Å². The molecule has 0 aromatic heterocycles. The number of halogens is 1. The zero-order valence-corrected chi connectivity index (χ0v) is 16.3. The third-order valence-electron chi connectivity index (χ3n) is 4.39. The van der Waals surface area contributed by atoms with Crippen LogP contribution in [0.4, 0.5) is 5.69 Å². The number of benzene rings is 2. The molecule has 2 aromatic carbocycles. The minimum Gasteiger partial charge on any atom is -0.497 e. The molecule has 1 amide bonds. The van der Waals surface area contributed by atoms with Gasteiger partial charge < -0.3 is 19.7 Å². The molecule has 0 saturated heterocycles. The Morgan fingerprint density at radius 3 is 2.46 bits per heavy atom. The van der Waals surface area contributed by atoms with Gasteiger partial charge in [-0.05, 0) is 42.8 Å². The lowest BCUT2D eigenvalue weighted by atomic mass is 10.1. The minimum atomic E-state index is -0.0193. The Morgan fingerprint density at radius 2 is 1.85 bits per heavy atom. The Labute approximate surface area is 159 Å². The van der Waals surface area contributed by atoms with Gasteiger partial charge in [0.05, 0.1) is 25.9 Å². The fourth-order valence-electron chi connectivity index (χ4n) is 2.62. The molecule has 1 atom stereocenters. The number of nitrogens with one attached hydrogen (secondary N) is 1. The minimum absolute atomic E-state index is 0.0193. The second-order valence-electron chi connectivity index (χ2n) is 5.98. The third kappa shape index (κ3) is 5.05. The average Bonchev–Trinajstić information content (AvgIpc) is 2.67. The summed E-state index contributed by atoms with van der Waals surface area (Å²) in [5, 5.41) is 3.83. The van der Waals surface area contributed by atoms with Crippen molar-refractivity contribution in [3.63, 3.8) is 0 Å². The van der Waals surface area contributed by atoms with Gasteiger partial charge in [-0.25, -0.2) is 0 Å². The quantitative estimate of drug-likeness (QED) is 0.742. The molecule has 0 bridgehead atoms. The molecule has 5 nitrogen and oxygen atoms in total. The zero-order chi connectivity index (χ0) is 19.1. The number of hydrogen-bond acceptors (Lipinski definition) is 4. The van der Waals surface area contributed by atoms with E-state index in [9.17, 15) is 4.79 Å². The van der Waals surface area contributed by atoms with E-state index < -0.39 is 0 Å². The first kappa shape index (κ1) is 19.9. The molecule has 1 unspecified atom stereocenters. The van der Waals surface area contributed by atoms with E-state index >= 15 is 0 Å². The van der Waals surface area contributed by atoms with Gasteiger partial charge in [0, 0.05) is 25.0 Å². The first-order chi connectivity index (χ1) is 12.5. The first-order valence-electron chi connectivity index (χ1n) is 8.43. The first-order valence-corrected chi connectivity index (χ1v) is 8.81. The van der Waals surface area contributed by atoms with E-state index in [4.69, 9.17) is 21.1 Å². The number of amides is 1. The maximum absolute atomic E-state index is 12.5. The smallest absolute Gasteiger partial charge is 0.224 e. The van der Waals surface area contributed by atoms with E-state index in [0.29, 0.717) is 23.7 Å². The summed E-state index contributed by atoms with van der Waals surface area (Å²) in [6, 6.07) is 13.1. The van der Waals surface area contributed by atoms with E-state index in [0.717, 1.165) is 17.0 Å². The number of rotatable bonds is 8. The van der Waals surface area contributed by atoms with Gasteiger partial charge in [0.1, 0.15) is 11.5 Å². The van der Waals surface area contributed by atoms with Gasteiger partial charge in [-0.2, -0.15) is 0 Å². The van der Waals surface area contributed by atoms with Crippen molar-refractivity contribution in [2.45, 2.75) is 19.4 Å². The lowest BCUT2D eigenvalue weighted by Crippen LogP contribution is -2.30. The van der Waals surface area contributed by atoms with E-state index in [-0.39, 0.29) is 11.9 Å². The van der Waals surface area contributed by atoms with Gasteiger partial charge in [0.15, 0.2) is 0 Å². The Hall–Kier alpha value is -2.40. The maximum Gasteiger partial charge on any atom is 0.224 e. The van der Waals surface area contributed by atoms with Crippen molar-refractivity contribution in [1.29, 1.82) is 0 Å². The van der Waals surface area contributed by atoms with Gasteiger partial charge >= 0.3 is 0 Å². The Bertz CT molecular complexity index is 734. The SMILES string of the molecule is COc1ccc(C(C)N(C)C(=O)CCNc2cc(Cl)ccc2OC)cc1. The molecule has 0 aliphatic carbocycles. The molecule has 1 N–H and O–H groups in total. The van der Waals surface area contributed by atoms with Crippen molar-refractivity contribution in [2.75, 3.05) is 33.1 Å². The zero-order valence-electron chi connectivity index (χ0n) is 15.6. The molecule has 0 heterocycles. The maximum atomic E-state index is 12.5. The van der Waals surface area contributed by atoms with Crippen molar-refractivity contribution in [2.24, 2.45) is 0 Å². The van der Waals surface area contributed by atoms with Crippen LogP contribution in [-0.4, -0.2) is 38.6 Å². The van der Waals surface area contributed by atoms with Crippen LogP contribution in [0.15, 0.2) is 42.5 Å². The summed E-state index contributed by atoms with van der Waals surface area (Å²) in [5.74, 6) is 1.55. The molecule has 26 heavy (non-hydrogen) atoms. The van der Waals surface area contributed by atoms with E-state index in [1.807, 2.05) is 38.2 Å². The number of carbonyl (C=O) groups excluding carboxylic acids is 1. The number of carbonyl (C=O) groups is 1. The summed E-state index contributed by atoms with van der Waals surface area (Å²) in [4.78, 5) is 14.2. The summed E-state index contributed by atoms with van der Waals surface area (Å²) >= 11 is 6.02. The summed E-state index contributed by atoms with van der Waals surface area (Å²) in [6.45, 7) is 2.50. The van der Waals surface area contributed by atoms with E-state index in [2.05, 4.69) is 5.32 Å². The predicted octanol–water partition coefficient (Wildman–Crippen LogP) is 4.38. The highest BCUT2D eigenvalue weighted by Gasteiger charge is 2.17. The number of nitrogens with zero attached hydrogens (tertiary/aromatic N) is 1. The Balaban J connectivity index is 1.91. The molecular weight excluding hydrogens is 352 g/mol. The Kier molecular flexibility index (Phi) is 7.16. The lowest BCUT2D eigenvalue weighted by molar-refractivity contribution is -0.131. The molecule has 0 fully saturated rings. The van der Waals surface area contributed by atoms with Crippen molar-refractivity contribution >= 4 is 23.2 Å². The summed E-state index contributed by atoms with van der Waals surface area (Å²) in [5.41, 5.74) is 1.84. The van der Waals surface area contributed by atoms with Crippen LogP contribution in [0.1, 0.15) is 24.9 Å². The second kappa shape index (κ2) is 9.34. The van der Waals surface area contributed by atoms with Crippen LogP contribution in [0.5, 0.6) is 11.5 Å². The molecule has 2 aromatic rings. The molecule has 0 aliphatic rings. The lowest BCUT2D eigenvalue weighted by Gasteiger charge is -2.25. The van der Waals surface area contributed by atoms with Gasteiger partial charge in [-0.15, -0.1) is 0 Å². The number of ether oxygens (including phenoxy) is 2. The van der Waals surface area contributed by atoms with Crippen LogP contribution in [0, 0.1) is 0 Å². The van der Waals surface area contributed by atoms with Crippen LogP contribution in [0.25, 0.3) is 0 Å². The average molecular weight is 377 g/mol. The number of hydrogen-bond donors (Lipinski definition) is 1. The van der Waals surface area contributed by atoms with Gasteiger partial charge in [-0.3, -0.25) is 4.79 Å². The molecule has 0 radical (unpaired) electrons. The van der Waals surface area contributed by atoms with Crippen LogP contribution < -0.4 is 14.8 Å². The standard InChI is InChI=1S/C20H25ClN2O3/c1-14(15-5-8-17(25-3)9-6-15)23(2)20(24)11-12-22-18-13-16(21)7-10-19(18)26-4/h5-10,13-14,22H,11-12H2,1-4H3. The topological polar surface area (TPSA) is 50.8 Å². The predicted molar refractivity (Wildman–Crippen MR) is 105 cm³/mol. The third-order valence-corrected chi connectivity index (χ3v) is 4.62. The van der Waals surface area contributed by atoms with Crippen LogP contribution in [0.2, 0.25) is 5.02 Å². The van der Waals surface area contributed by atoms with E-state index in [1.54, 1.807) is 37.3 Å². The number of methoxy groups -OCH3 is 2. The molecule has 140 valence electrons. The fourth-order valence-corrected chi connectivity index (χ4v) is 2.79. The van der Waals surface area contributed by atoms with Gasteiger partial charge in [0.2, 0.25) is 5.91 Å². The molecule has 0 saturated carbocycles. The molecule has 6 heteroatoms. The van der Waals surface area contributed by atoms with Crippen LogP contribution in [0.3, 0.4) is 0 Å². The molecule has 0 spiro atoms. The van der Waals surface area contributed by atoms with Crippen LogP contribution in [-0.2, 0) is 4.79 Å². The van der Waals surface area contributed by atoms with Crippen LogP contribution >= 0.6 is 11.6 Å². The Morgan fingerprint density at radius 1 is 1.15 bits per heavy atom. The van der Waals surface area contributed by atoms with Gasteiger partial charge in [-0.1, -0.05) is 23.7 Å². The van der Waals surface area contributed by atoms with Crippen molar-refractivity contribution in [1.82, 2.24) is 4.90 Å². The van der Waals surface area contributed by atoms with Crippen molar-refractivity contribution < 1.29 is 14.3 Å². The van der Waals surface area contributed by atoms with Crippen molar-refractivity contribution in [3.05, 3.63) is 53.1 Å². The summed E-state index contributed by atoms with van der Waals surface area (Å²) < 4.78 is 10.5. The number of anilines is 1. The normalized spacial score (nSPS) is 11.6. The fraction of sp³-hybridized carbons (Fsp3) is 0.350. The second-order valence-corrected chi connectivity index (χ2v) is 6.41. The largest absolute Gasteiger partial charge is 0.497 e. The summed E-state index contributed by atoms with van der Waals surface area (Å²) in [7, 11) is 5.05. The molecular formula is C20H25ClN2O3. The highest BCUT2D eigenvalue weighted by atomic mass is 35.5. The van der Waals surface area contributed by atoms with Gasteiger partial charge in [0.25, 0.3) is 0 Å². The van der Waals surface area contributed by atoms with Crippen molar-refractivity contribution in [3.8, 4) is 11.5 Å². The summed E-state index contributed by atoms with van der Waals surface area (Å²) in [6.07, 6.45) is 0.368. The highest BCUT2D eigenvalue weighted by Crippen LogP contribution is 2.27.